The van der Waals surface area contributed by atoms with Crippen molar-refractivity contribution in [3.63, 3.8) is 0 Å². The highest BCUT2D eigenvalue weighted by atomic mass is 15.2. The van der Waals surface area contributed by atoms with Gasteiger partial charge in [-0.25, -0.2) is 4.98 Å². The zero-order valence-electron chi connectivity index (χ0n) is 9.71. The van der Waals surface area contributed by atoms with Crippen LogP contribution in [0.25, 0.3) is 0 Å². The van der Waals surface area contributed by atoms with Gasteiger partial charge in [0.1, 0.15) is 17.6 Å². The van der Waals surface area contributed by atoms with E-state index in [1.165, 1.54) is 6.42 Å². The molecule has 17 heavy (non-hydrogen) atoms. The summed E-state index contributed by atoms with van der Waals surface area (Å²) in [7, 11) is 0. The Kier molecular flexibility index (Phi) is 2.49. The maximum absolute atomic E-state index is 8.86. The Balaban J connectivity index is 1.81. The average molecular weight is 228 g/mol. The van der Waals surface area contributed by atoms with Crippen molar-refractivity contribution >= 4 is 5.82 Å². The maximum Gasteiger partial charge on any atom is 0.142 e. The molecule has 0 radical (unpaired) electrons. The van der Waals surface area contributed by atoms with Crippen LogP contribution in [-0.2, 0) is 0 Å². The molecule has 3 atom stereocenters. The lowest BCUT2D eigenvalue weighted by molar-refractivity contribution is 0.453. The zero-order valence-corrected chi connectivity index (χ0v) is 9.71. The third-order valence-electron chi connectivity index (χ3n) is 4.09. The van der Waals surface area contributed by atoms with Crippen LogP contribution in [-0.4, -0.2) is 24.1 Å². The van der Waals surface area contributed by atoms with Crippen molar-refractivity contribution in [3.05, 3.63) is 23.9 Å². The molecule has 2 aliphatic rings. The van der Waals surface area contributed by atoms with Gasteiger partial charge in [0.15, 0.2) is 0 Å². The van der Waals surface area contributed by atoms with Crippen LogP contribution < -0.4 is 10.6 Å². The molecule has 1 aromatic rings. The fourth-order valence-electron chi connectivity index (χ4n) is 3.16. The first-order valence-electron chi connectivity index (χ1n) is 6.15. The number of aromatic nitrogens is 1. The molecule has 4 heteroatoms. The lowest BCUT2D eigenvalue weighted by Crippen LogP contribution is -2.30. The summed E-state index contributed by atoms with van der Waals surface area (Å²) >= 11 is 0. The number of nitrogens with two attached hydrogens (primary N) is 1. The zero-order chi connectivity index (χ0) is 11.8. The Morgan fingerprint density at radius 2 is 2.24 bits per heavy atom. The Labute approximate surface area is 101 Å². The largest absolute Gasteiger partial charge is 0.356 e. The van der Waals surface area contributed by atoms with E-state index in [1.54, 1.807) is 6.07 Å². The molecule has 0 aromatic carbocycles. The van der Waals surface area contributed by atoms with Crippen molar-refractivity contribution < 1.29 is 0 Å². The molecular formula is C13H16N4. The van der Waals surface area contributed by atoms with Crippen LogP contribution in [0.5, 0.6) is 0 Å². The third kappa shape index (κ3) is 1.77. The van der Waals surface area contributed by atoms with E-state index in [9.17, 15) is 0 Å². The van der Waals surface area contributed by atoms with E-state index in [1.807, 2.05) is 12.1 Å². The monoisotopic (exact) mass is 228 g/mol. The summed E-state index contributed by atoms with van der Waals surface area (Å²) in [4.78, 5) is 6.62. The summed E-state index contributed by atoms with van der Waals surface area (Å²) in [6.07, 6.45) is 2.40. The van der Waals surface area contributed by atoms with E-state index in [4.69, 9.17) is 11.0 Å². The minimum atomic E-state index is 0.351. The smallest absolute Gasteiger partial charge is 0.142 e. The Morgan fingerprint density at radius 3 is 3.00 bits per heavy atom. The summed E-state index contributed by atoms with van der Waals surface area (Å²) in [6, 6.07) is 8.06. The lowest BCUT2D eigenvalue weighted by Gasteiger charge is -2.19. The highest BCUT2D eigenvalue weighted by molar-refractivity contribution is 5.43. The van der Waals surface area contributed by atoms with Crippen LogP contribution in [0.4, 0.5) is 5.82 Å². The third-order valence-corrected chi connectivity index (χ3v) is 4.09. The van der Waals surface area contributed by atoms with Gasteiger partial charge in [-0.2, -0.15) is 5.26 Å². The first-order valence-corrected chi connectivity index (χ1v) is 6.15. The molecule has 1 aromatic heterocycles. The van der Waals surface area contributed by atoms with E-state index in [0.717, 1.165) is 31.2 Å². The van der Waals surface area contributed by atoms with Gasteiger partial charge in [-0.15, -0.1) is 0 Å². The number of hydrogen-bond acceptors (Lipinski definition) is 4. The number of rotatable bonds is 1. The Hall–Kier alpha value is -1.60. The summed E-state index contributed by atoms with van der Waals surface area (Å²) in [5, 5.41) is 8.86. The van der Waals surface area contributed by atoms with Crippen molar-refractivity contribution in [2.75, 3.05) is 18.0 Å². The number of nitriles is 1. The first kappa shape index (κ1) is 10.5. The van der Waals surface area contributed by atoms with Crippen LogP contribution in [0.15, 0.2) is 18.2 Å². The quantitative estimate of drug-likeness (QED) is 0.782. The Morgan fingerprint density at radius 1 is 1.35 bits per heavy atom. The predicted octanol–water partition coefficient (Wildman–Crippen LogP) is 1.13. The van der Waals surface area contributed by atoms with Crippen molar-refractivity contribution in [2.24, 2.45) is 17.6 Å². The molecule has 1 aliphatic carbocycles. The fraction of sp³-hybridized carbons (Fsp3) is 0.538. The predicted molar refractivity (Wildman–Crippen MR) is 65.4 cm³/mol. The number of pyridine rings is 1. The van der Waals surface area contributed by atoms with Crippen molar-refractivity contribution in [3.8, 4) is 6.07 Å². The van der Waals surface area contributed by atoms with Gasteiger partial charge in [-0.05, 0) is 36.8 Å². The van der Waals surface area contributed by atoms with Crippen LogP contribution in [0, 0.1) is 23.2 Å². The molecule has 3 unspecified atom stereocenters. The van der Waals surface area contributed by atoms with Crippen molar-refractivity contribution in [2.45, 2.75) is 18.9 Å². The summed E-state index contributed by atoms with van der Waals surface area (Å²) in [5.41, 5.74) is 6.61. The van der Waals surface area contributed by atoms with Gasteiger partial charge < -0.3 is 10.6 Å². The number of nitrogens with zero attached hydrogens (tertiary/aromatic N) is 3. The minimum Gasteiger partial charge on any atom is -0.356 e. The van der Waals surface area contributed by atoms with Crippen molar-refractivity contribution in [1.29, 1.82) is 5.26 Å². The molecule has 3 rings (SSSR count). The molecule has 1 saturated heterocycles. The molecule has 1 saturated carbocycles. The van der Waals surface area contributed by atoms with Crippen LogP contribution in [0.3, 0.4) is 0 Å². The molecule has 2 heterocycles. The molecular weight excluding hydrogens is 212 g/mol. The molecule has 1 aliphatic heterocycles. The minimum absolute atomic E-state index is 0.351. The van der Waals surface area contributed by atoms with Gasteiger partial charge in [0, 0.05) is 19.1 Å². The lowest BCUT2D eigenvalue weighted by atomic mass is 9.98. The van der Waals surface area contributed by atoms with Gasteiger partial charge in [0.2, 0.25) is 0 Å². The molecule has 0 bridgehead atoms. The van der Waals surface area contributed by atoms with Gasteiger partial charge in [0.05, 0.1) is 0 Å². The maximum atomic E-state index is 8.86. The normalized spacial score (nSPS) is 31.3. The molecule has 2 N–H and O–H groups in total. The average Bonchev–Trinajstić information content (AvgIpc) is 2.92. The van der Waals surface area contributed by atoms with E-state index >= 15 is 0 Å². The number of anilines is 1. The Bertz CT molecular complexity index is 465. The SMILES string of the molecule is N#Cc1cccc(N2CC3CCC(N)C3C2)n1. The van der Waals surface area contributed by atoms with Crippen LogP contribution in [0.2, 0.25) is 0 Å². The molecule has 0 amide bonds. The summed E-state index contributed by atoms with van der Waals surface area (Å²) in [5.74, 6) is 2.26. The molecule has 4 nitrogen and oxygen atoms in total. The van der Waals surface area contributed by atoms with E-state index in [-0.39, 0.29) is 0 Å². The van der Waals surface area contributed by atoms with E-state index in [2.05, 4.69) is 16.0 Å². The highest BCUT2D eigenvalue weighted by Crippen LogP contribution is 2.38. The first-order chi connectivity index (χ1) is 8.28. The number of hydrogen-bond donors (Lipinski definition) is 1. The fourth-order valence-corrected chi connectivity index (χ4v) is 3.16. The van der Waals surface area contributed by atoms with Gasteiger partial charge >= 0.3 is 0 Å². The molecule has 2 fully saturated rings. The van der Waals surface area contributed by atoms with Gasteiger partial charge in [0.25, 0.3) is 0 Å². The number of fused-ring (bicyclic) bond motifs is 1. The summed E-state index contributed by atoms with van der Waals surface area (Å²) < 4.78 is 0. The summed E-state index contributed by atoms with van der Waals surface area (Å²) in [6.45, 7) is 2.04. The van der Waals surface area contributed by atoms with Gasteiger partial charge in [-0.3, -0.25) is 0 Å². The molecule has 0 spiro atoms. The van der Waals surface area contributed by atoms with Crippen molar-refractivity contribution in [1.82, 2.24) is 4.98 Å². The van der Waals surface area contributed by atoms with Crippen LogP contribution >= 0.6 is 0 Å². The topological polar surface area (TPSA) is 65.9 Å². The van der Waals surface area contributed by atoms with Crippen LogP contribution in [0.1, 0.15) is 18.5 Å². The van der Waals surface area contributed by atoms with Gasteiger partial charge in [-0.1, -0.05) is 6.07 Å². The van der Waals surface area contributed by atoms with E-state index in [0.29, 0.717) is 17.7 Å². The second kappa shape index (κ2) is 4.01. The highest BCUT2D eigenvalue weighted by Gasteiger charge is 2.41. The second-order valence-corrected chi connectivity index (χ2v) is 5.06. The van der Waals surface area contributed by atoms with E-state index < -0.39 is 0 Å². The molecule has 88 valence electrons. The second-order valence-electron chi connectivity index (χ2n) is 5.06. The standard InChI is InChI=1S/C13H16N4/c14-6-10-2-1-3-13(16-10)17-7-9-4-5-12(15)11(9)8-17/h1-3,9,11-12H,4-5,7-8,15H2.